The Morgan fingerprint density at radius 1 is 1.30 bits per heavy atom. The van der Waals surface area contributed by atoms with Gasteiger partial charge in [0, 0.05) is 10.3 Å². The highest BCUT2D eigenvalue weighted by Gasteiger charge is 2.32. The van der Waals surface area contributed by atoms with Gasteiger partial charge < -0.3 is 5.32 Å². The number of carbonyl (C=O) groups excluding carboxylic acids is 1. The number of carbonyl (C=O) groups is 1. The number of fused-ring (bicyclic) bond motifs is 3. The molecule has 0 unspecified atom stereocenters. The maximum absolute atomic E-state index is 12.8. The molecule has 0 spiro atoms. The minimum atomic E-state index is -0.871. The molecule has 7 heteroatoms. The van der Waals surface area contributed by atoms with Crippen molar-refractivity contribution < 1.29 is 4.79 Å². The number of thioether (sulfide) groups is 1. The molecular weight excluding hydrogens is 376 g/mol. The molecule has 2 heterocycles. The fourth-order valence-electron chi connectivity index (χ4n) is 3.19. The Hall–Kier alpha value is -1.65. The number of hydrogen-bond donors (Lipinski definition) is 1. The van der Waals surface area contributed by atoms with Crippen LogP contribution in [0.3, 0.4) is 0 Å². The Morgan fingerprint density at radius 2 is 2.00 bits per heavy atom. The van der Waals surface area contributed by atoms with Gasteiger partial charge in [-0.3, -0.25) is 4.79 Å². The standard InChI is InChI=1S/C20H26N4OS2/c1-11(2)20(5,10-21)24-17(25)12(3)26-18-16-14-8-6-7-9-15(14)27-19(16)23-13(4)22-18/h11-12H,6-9H2,1-5H3,(H,24,25)/t12-,20+/m0/s1. The first-order valence-corrected chi connectivity index (χ1v) is 11.1. The first kappa shape index (κ1) is 20.1. The fraction of sp³-hybridized carbons (Fsp3) is 0.600. The fourth-order valence-corrected chi connectivity index (χ4v) is 5.59. The van der Waals surface area contributed by atoms with E-state index in [0.29, 0.717) is 0 Å². The molecule has 0 bridgehead atoms. The van der Waals surface area contributed by atoms with Crippen molar-refractivity contribution >= 4 is 39.2 Å². The first-order chi connectivity index (χ1) is 12.7. The summed E-state index contributed by atoms with van der Waals surface area (Å²) in [6.45, 7) is 9.43. The predicted octanol–water partition coefficient (Wildman–Crippen LogP) is 4.41. The average molecular weight is 403 g/mol. The van der Waals surface area contributed by atoms with E-state index in [1.54, 1.807) is 18.3 Å². The van der Waals surface area contributed by atoms with E-state index in [4.69, 9.17) is 0 Å². The van der Waals surface area contributed by atoms with Crippen LogP contribution in [-0.4, -0.2) is 26.7 Å². The molecule has 2 atom stereocenters. The van der Waals surface area contributed by atoms with Gasteiger partial charge in [0.15, 0.2) is 0 Å². The van der Waals surface area contributed by atoms with Crippen LogP contribution in [0.25, 0.3) is 10.2 Å². The van der Waals surface area contributed by atoms with Crippen molar-refractivity contribution in [2.24, 2.45) is 5.92 Å². The predicted molar refractivity (Wildman–Crippen MR) is 111 cm³/mol. The van der Waals surface area contributed by atoms with Crippen LogP contribution in [-0.2, 0) is 17.6 Å². The van der Waals surface area contributed by atoms with Crippen LogP contribution in [0.4, 0.5) is 0 Å². The molecule has 2 aromatic rings. The smallest absolute Gasteiger partial charge is 0.234 e. The number of thiophene rings is 1. The third-order valence-corrected chi connectivity index (χ3v) is 7.59. The molecule has 27 heavy (non-hydrogen) atoms. The lowest BCUT2D eigenvalue weighted by atomic mass is 9.90. The maximum atomic E-state index is 12.8. The van der Waals surface area contributed by atoms with Gasteiger partial charge in [-0.1, -0.05) is 25.6 Å². The van der Waals surface area contributed by atoms with E-state index in [-0.39, 0.29) is 17.1 Å². The van der Waals surface area contributed by atoms with Gasteiger partial charge in [0.2, 0.25) is 5.91 Å². The Balaban J connectivity index is 1.89. The molecule has 1 N–H and O–H groups in total. The monoisotopic (exact) mass is 402 g/mol. The van der Waals surface area contributed by atoms with E-state index in [2.05, 4.69) is 21.4 Å². The number of nitrogens with one attached hydrogen (secondary N) is 1. The van der Waals surface area contributed by atoms with Crippen LogP contribution in [0.1, 0.15) is 56.8 Å². The van der Waals surface area contributed by atoms with Crippen LogP contribution < -0.4 is 5.32 Å². The summed E-state index contributed by atoms with van der Waals surface area (Å²) in [6.07, 6.45) is 4.61. The molecule has 2 aromatic heterocycles. The lowest BCUT2D eigenvalue weighted by molar-refractivity contribution is -0.121. The lowest BCUT2D eigenvalue weighted by Gasteiger charge is -2.28. The molecule has 1 amide bonds. The van der Waals surface area contributed by atoms with Crippen LogP contribution in [0, 0.1) is 24.2 Å². The zero-order valence-electron chi connectivity index (χ0n) is 16.5. The van der Waals surface area contributed by atoms with Gasteiger partial charge in [0.1, 0.15) is 21.2 Å². The number of nitrogens with zero attached hydrogens (tertiary/aromatic N) is 3. The third-order valence-electron chi connectivity index (χ3n) is 5.32. The molecule has 1 aliphatic carbocycles. The highest BCUT2D eigenvalue weighted by molar-refractivity contribution is 8.00. The number of amides is 1. The second kappa shape index (κ2) is 7.76. The van der Waals surface area contributed by atoms with E-state index in [9.17, 15) is 10.1 Å². The molecule has 5 nitrogen and oxygen atoms in total. The van der Waals surface area contributed by atoms with Gasteiger partial charge in [-0.15, -0.1) is 11.3 Å². The maximum Gasteiger partial charge on any atom is 0.234 e. The summed E-state index contributed by atoms with van der Waals surface area (Å²) in [5, 5.41) is 14.1. The van der Waals surface area contributed by atoms with Gasteiger partial charge in [0.05, 0.1) is 11.3 Å². The summed E-state index contributed by atoms with van der Waals surface area (Å²) >= 11 is 3.24. The quantitative estimate of drug-likeness (QED) is 0.592. The zero-order chi connectivity index (χ0) is 19.8. The van der Waals surface area contributed by atoms with Gasteiger partial charge in [-0.2, -0.15) is 5.26 Å². The van der Waals surface area contributed by atoms with Crippen LogP contribution in [0.2, 0.25) is 0 Å². The lowest BCUT2D eigenvalue weighted by Crippen LogP contribution is -2.51. The van der Waals surface area contributed by atoms with Crippen molar-refractivity contribution in [2.45, 2.75) is 76.1 Å². The molecule has 0 saturated heterocycles. The topological polar surface area (TPSA) is 78.7 Å². The molecule has 144 valence electrons. The normalized spacial score (nSPS) is 17.2. The second-order valence-corrected chi connectivity index (χ2v) is 10.1. The number of aryl methyl sites for hydroxylation is 3. The van der Waals surface area contributed by atoms with Crippen LogP contribution in [0.5, 0.6) is 0 Å². The van der Waals surface area contributed by atoms with Crippen LogP contribution >= 0.6 is 23.1 Å². The summed E-state index contributed by atoms with van der Waals surface area (Å²) in [5.74, 6) is 0.632. The summed E-state index contributed by atoms with van der Waals surface area (Å²) in [6, 6.07) is 2.24. The highest BCUT2D eigenvalue weighted by atomic mass is 32.2. The Bertz CT molecular complexity index is 915. The molecule has 0 saturated carbocycles. The van der Waals surface area contributed by atoms with Gasteiger partial charge in [0.25, 0.3) is 0 Å². The molecule has 0 radical (unpaired) electrons. The molecule has 0 fully saturated rings. The Labute approximate surface area is 169 Å². The van der Waals surface area contributed by atoms with Gasteiger partial charge in [-0.25, -0.2) is 9.97 Å². The van der Waals surface area contributed by atoms with Crippen LogP contribution in [0.15, 0.2) is 5.03 Å². The van der Waals surface area contributed by atoms with Crippen molar-refractivity contribution in [1.29, 1.82) is 5.26 Å². The van der Waals surface area contributed by atoms with Crippen molar-refractivity contribution in [3.8, 4) is 6.07 Å². The summed E-state index contributed by atoms with van der Waals surface area (Å²) < 4.78 is 0. The summed E-state index contributed by atoms with van der Waals surface area (Å²) in [4.78, 5) is 24.5. The number of hydrogen-bond acceptors (Lipinski definition) is 6. The molecular formula is C20H26N4OS2. The zero-order valence-corrected chi connectivity index (χ0v) is 18.2. The molecule has 0 aliphatic heterocycles. The SMILES string of the molecule is Cc1nc(S[C@@H](C)C(=O)N[C@](C)(C#N)C(C)C)c2c3c(sc2n1)CCCC3. The average Bonchev–Trinajstić information content (AvgIpc) is 2.99. The van der Waals surface area contributed by atoms with Gasteiger partial charge in [-0.05, 0) is 57.9 Å². The Morgan fingerprint density at radius 3 is 2.67 bits per heavy atom. The highest BCUT2D eigenvalue weighted by Crippen LogP contribution is 2.40. The largest absolute Gasteiger partial charge is 0.337 e. The first-order valence-electron chi connectivity index (χ1n) is 9.44. The van der Waals surface area contributed by atoms with E-state index >= 15 is 0 Å². The van der Waals surface area contributed by atoms with E-state index < -0.39 is 5.54 Å². The second-order valence-electron chi connectivity index (χ2n) is 7.69. The Kier molecular flexibility index (Phi) is 5.78. The molecule has 0 aromatic carbocycles. The van der Waals surface area contributed by atoms with E-state index in [1.807, 2.05) is 27.7 Å². The van der Waals surface area contributed by atoms with Crippen molar-refractivity contribution in [2.75, 3.05) is 0 Å². The summed E-state index contributed by atoms with van der Waals surface area (Å²) in [5.41, 5.74) is 0.505. The minimum absolute atomic E-state index is 0.0283. The number of nitriles is 1. The number of rotatable bonds is 5. The van der Waals surface area contributed by atoms with Crippen molar-refractivity contribution in [1.82, 2.24) is 15.3 Å². The van der Waals surface area contributed by atoms with Gasteiger partial charge >= 0.3 is 0 Å². The minimum Gasteiger partial charge on any atom is -0.337 e. The van der Waals surface area contributed by atoms with E-state index in [0.717, 1.165) is 33.9 Å². The van der Waals surface area contributed by atoms with E-state index in [1.165, 1.54) is 35.0 Å². The third kappa shape index (κ3) is 3.97. The number of aromatic nitrogens is 2. The molecule has 3 rings (SSSR count). The molecule has 1 aliphatic rings. The van der Waals surface area contributed by atoms with Crippen molar-refractivity contribution in [3.63, 3.8) is 0 Å². The summed E-state index contributed by atoms with van der Waals surface area (Å²) in [7, 11) is 0. The van der Waals surface area contributed by atoms with Crippen molar-refractivity contribution in [3.05, 3.63) is 16.3 Å².